The minimum absolute atomic E-state index is 0.0644. The van der Waals surface area contributed by atoms with Crippen LogP contribution in [0.4, 0.5) is 8.78 Å². The summed E-state index contributed by atoms with van der Waals surface area (Å²) in [4.78, 5) is 0. The lowest BCUT2D eigenvalue weighted by atomic mass is 10.2. The van der Waals surface area contributed by atoms with Crippen molar-refractivity contribution in [2.24, 2.45) is 0 Å². The van der Waals surface area contributed by atoms with Crippen LogP contribution in [0.25, 0.3) is 0 Å². The highest BCUT2D eigenvalue weighted by molar-refractivity contribution is 9.10. The molecular weight excluding hydrogens is 340 g/mol. The highest BCUT2D eigenvalue weighted by atomic mass is 79.9. The SMILES string of the molecule is CC(C)NCc1ccc(Oc2cc(F)ccc2Br)c(F)c1. The molecule has 0 spiro atoms. The topological polar surface area (TPSA) is 21.3 Å². The minimum Gasteiger partial charge on any atom is -0.453 e. The molecule has 2 aromatic rings. The highest BCUT2D eigenvalue weighted by Crippen LogP contribution is 2.31. The molecule has 0 fully saturated rings. The second-order valence-corrected chi connectivity index (χ2v) is 5.83. The van der Waals surface area contributed by atoms with Crippen molar-refractivity contribution in [2.45, 2.75) is 26.4 Å². The minimum atomic E-state index is -0.478. The molecule has 1 N–H and O–H groups in total. The first-order chi connectivity index (χ1) is 9.95. The summed E-state index contributed by atoms with van der Waals surface area (Å²) in [5.74, 6) is -0.614. The van der Waals surface area contributed by atoms with Gasteiger partial charge in [0.1, 0.15) is 11.6 Å². The molecular formula is C16H16BrF2NO. The van der Waals surface area contributed by atoms with Crippen molar-refractivity contribution >= 4 is 15.9 Å². The van der Waals surface area contributed by atoms with Gasteiger partial charge < -0.3 is 10.1 Å². The Morgan fingerprint density at radius 1 is 1.10 bits per heavy atom. The van der Waals surface area contributed by atoms with Gasteiger partial charge >= 0.3 is 0 Å². The molecule has 0 bridgehead atoms. The van der Waals surface area contributed by atoms with Crippen LogP contribution in [0, 0.1) is 11.6 Å². The molecule has 0 amide bonds. The van der Waals surface area contributed by atoms with E-state index >= 15 is 0 Å². The lowest BCUT2D eigenvalue weighted by molar-refractivity contribution is 0.435. The van der Waals surface area contributed by atoms with Gasteiger partial charge in [0.05, 0.1) is 4.47 Å². The summed E-state index contributed by atoms with van der Waals surface area (Å²) in [6.07, 6.45) is 0. The van der Waals surface area contributed by atoms with Gasteiger partial charge in [-0.25, -0.2) is 8.78 Å². The molecule has 0 radical (unpaired) electrons. The van der Waals surface area contributed by atoms with Crippen LogP contribution in [0.3, 0.4) is 0 Å². The van der Waals surface area contributed by atoms with Gasteiger partial charge in [0.15, 0.2) is 11.6 Å². The largest absolute Gasteiger partial charge is 0.453 e. The van der Waals surface area contributed by atoms with Crippen LogP contribution in [0.15, 0.2) is 40.9 Å². The lowest BCUT2D eigenvalue weighted by Gasteiger charge is -2.11. The second kappa shape index (κ2) is 7.00. The van der Waals surface area contributed by atoms with Gasteiger partial charge in [-0.15, -0.1) is 0 Å². The summed E-state index contributed by atoms with van der Waals surface area (Å²) in [6, 6.07) is 9.09. The summed E-state index contributed by atoms with van der Waals surface area (Å²) in [6.45, 7) is 4.63. The quantitative estimate of drug-likeness (QED) is 0.813. The maximum Gasteiger partial charge on any atom is 0.166 e. The number of hydrogen-bond acceptors (Lipinski definition) is 2. The van der Waals surface area contributed by atoms with E-state index in [1.807, 2.05) is 13.8 Å². The predicted molar refractivity (Wildman–Crippen MR) is 82.5 cm³/mol. The van der Waals surface area contributed by atoms with Crippen LogP contribution < -0.4 is 10.1 Å². The summed E-state index contributed by atoms with van der Waals surface area (Å²) >= 11 is 3.24. The molecule has 0 atom stereocenters. The molecule has 0 aliphatic carbocycles. The van der Waals surface area contributed by atoms with E-state index in [4.69, 9.17) is 4.74 Å². The molecule has 0 aromatic heterocycles. The van der Waals surface area contributed by atoms with E-state index in [0.717, 1.165) is 5.56 Å². The highest BCUT2D eigenvalue weighted by Gasteiger charge is 2.09. The number of halogens is 3. The molecule has 2 aromatic carbocycles. The fourth-order valence-electron chi connectivity index (χ4n) is 1.73. The Hall–Kier alpha value is -1.46. The Balaban J connectivity index is 2.15. The van der Waals surface area contributed by atoms with Gasteiger partial charge in [0.2, 0.25) is 0 Å². The first kappa shape index (κ1) is 15.9. The van der Waals surface area contributed by atoms with Crippen LogP contribution in [-0.4, -0.2) is 6.04 Å². The number of ether oxygens (including phenoxy) is 1. The Morgan fingerprint density at radius 3 is 2.52 bits per heavy atom. The van der Waals surface area contributed by atoms with E-state index in [1.54, 1.807) is 12.1 Å². The molecule has 0 saturated heterocycles. The summed E-state index contributed by atoms with van der Waals surface area (Å²) in [7, 11) is 0. The van der Waals surface area contributed by atoms with Gasteiger partial charge in [-0.2, -0.15) is 0 Å². The van der Waals surface area contributed by atoms with Crippen LogP contribution in [0.2, 0.25) is 0 Å². The van der Waals surface area contributed by atoms with E-state index in [0.29, 0.717) is 17.1 Å². The summed E-state index contributed by atoms with van der Waals surface area (Å²) in [5.41, 5.74) is 0.826. The molecule has 5 heteroatoms. The fraction of sp³-hybridized carbons (Fsp3) is 0.250. The Kier molecular flexibility index (Phi) is 5.31. The van der Waals surface area contributed by atoms with Gasteiger partial charge in [-0.3, -0.25) is 0 Å². The van der Waals surface area contributed by atoms with Crippen molar-refractivity contribution in [2.75, 3.05) is 0 Å². The molecule has 0 aliphatic heterocycles. The third-order valence-electron chi connectivity index (χ3n) is 2.82. The molecule has 0 saturated carbocycles. The average Bonchev–Trinajstić information content (AvgIpc) is 2.43. The van der Waals surface area contributed by atoms with E-state index in [1.165, 1.54) is 24.3 Å². The van der Waals surface area contributed by atoms with E-state index < -0.39 is 11.6 Å². The standard InChI is InChI=1S/C16H16BrF2NO/c1-10(2)20-9-11-3-6-15(14(19)7-11)21-16-8-12(18)4-5-13(16)17/h3-8,10,20H,9H2,1-2H3. The summed E-state index contributed by atoms with van der Waals surface area (Å²) in [5, 5.41) is 3.21. The first-order valence-electron chi connectivity index (χ1n) is 6.60. The van der Waals surface area contributed by atoms with Crippen molar-refractivity contribution in [3.05, 3.63) is 58.1 Å². The Bertz CT molecular complexity index is 632. The molecule has 0 aliphatic rings. The lowest BCUT2D eigenvalue weighted by Crippen LogP contribution is -2.21. The third-order valence-corrected chi connectivity index (χ3v) is 3.48. The number of rotatable bonds is 5. The van der Waals surface area contributed by atoms with Gasteiger partial charge in [0.25, 0.3) is 0 Å². The number of benzene rings is 2. The Morgan fingerprint density at radius 2 is 1.86 bits per heavy atom. The molecule has 112 valence electrons. The summed E-state index contributed by atoms with van der Waals surface area (Å²) < 4.78 is 33.2. The molecule has 2 nitrogen and oxygen atoms in total. The van der Waals surface area contributed by atoms with Crippen molar-refractivity contribution < 1.29 is 13.5 Å². The molecule has 0 heterocycles. The first-order valence-corrected chi connectivity index (χ1v) is 7.39. The zero-order valence-electron chi connectivity index (χ0n) is 11.8. The van der Waals surface area contributed by atoms with E-state index in [9.17, 15) is 8.78 Å². The van der Waals surface area contributed by atoms with Crippen LogP contribution >= 0.6 is 15.9 Å². The van der Waals surface area contributed by atoms with Gasteiger partial charge in [0, 0.05) is 18.7 Å². The molecule has 2 rings (SSSR count). The van der Waals surface area contributed by atoms with Crippen molar-refractivity contribution in [1.29, 1.82) is 0 Å². The van der Waals surface area contributed by atoms with Gasteiger partial charge in [-0.1, -0.05) is 19.9 Å². The Labute approximate surface area is 131 Å². The number of hydrogen-bond donors (Lipinski definition) is 1. The molecule has 0 unspecified atom stereocenters. The van der Waals surface area contributed by atoms with Crippen molar-refractivity contribution in [3.63, 3.8) is 0 Å². The van der Waals surface area contributed by atoms with Gasteiger partial charge in [-0.05, 0) is 45.8 Å². The smallest absolute Gasteiger partial charge is 0.166 e. The van der Waals surface area contributed by atoms with Crippen LogP contribution in [-0.2, 0) is 6.54 Å². The maximum absolute atomic E-state index is 14.0. The fourth-order valence-corrected chi connectivity index (χ4v) is 2.06. The van der Waals surface area contributed by atoms with Crippen molar-refractivity contribution in [1.82, 2.24) is 5.32 Å². The van der Waals surface area contributed by atoms with Crippen LogP contribution in [0.5, 0.6) is 11.5 Å². The molecule has 21 heavy (non-hydrogen) atoms. The normalized spacial score (nSPS) is 11.0. The zero-order valence-corrected chi connectivity index (χ0v) is 13.4. The van der Waals surface area contributed by atoms with E-state index in [-0.39, 0.29) is 11.5 Å². The second-order valence-electron chi connectivity index (χ2n) is 4.98. The zero-order chi connectivity index (χ0) is 15.4. The van der Waals surface area contributed by atoms with Crippen molar-refractivity contribution in [3.8, 4) is 11.5 Å². The monoisotopic (exact) mass is 355 g/mol. The third kappa shape index (κ3) is 4.51. The van der Waals surface area contributed by atoms with E-state index in [2.05, 4.69) is 21.2 Å². The maximum atomic E-state index is 14.0. The van der Waals surface area contributed by atoms with Crippen LogP contribution in [0.1, 0.15) is 19.4 Å². The number of nitrogens with one attached hydrogen (secondary N) is 1. The average molecular weight is 356 g/mol. The predicted octanol–water partition coefficient (Wildman–Crippen LogP) is 5.02.